The molecule has 2 unspecified atom stereocenters. The number of aliphatic hydroxyl groups is 1. The van der Waals surface area contributed by atoms with Crippen LogP contribution in [0.4, 0.5) is 0 Å². The Hall–Kier alpha value is -1.02. The van der Waals surface area contributed by atoms with Gasteiger partial charge >= 0.3 is 0 Å². The minimum absolute atomic E-state index is 0.0800. The van der Waals surface area contributed by atoms with Gasteiger partial charge in [0.15, 0.2) is 0 Å². The fourth-order valence-electron chi connectivity index (χ4n) is 3.93. The largest absolute Gasteiger partial charge is 0.508 e. The molecule has 2 heteroatoms. The van der Waals surface area contributed by atoms with Crippen LogP contribution in [0.25, 0.3) is 0 Å². The summed E-state index contributed by atoms with van der Waals surface area (Å²) in [6, 6.07) is 7.69. The van der Waals surface area contributed by atoms with Crippen molar-refractivity contribution in [3.05, 3.63) is 29.8 Å². The van der Waals surface area contributed by atoms with Crippen LogP contribution in [0.5, 0.6) is 5.75 Å². The summed E-state index contributed by atoms with van der Waals surface area (Å²) in [7, 11) is 0. The molecule has 0 saturated heterocycles. The Morgan fingerprint density at radius 3 is 2.47 bits per heavy atom. The average molecular weight is 232 g/mol. The van der Waals surface area contributed by atoms with Crippen LogP contribution in [-0.4, -0.2) is 16.8 Å². The molecular formula is C15H20O2. The zero-order valence-electron chi connectivity index (χ0n) is 10.1. The summed E-state index contributed by atoms with van der Waals surface area (Å²) >= 11 is 0. The van der Waals surface area contributed by atoms with Gasteiger partial charge in [-0.2, -0.15) is 0 Å². The second kappa shape index (κ2) is 4.02. The van der Waals surface area contributed by atoms with E-state index in [9.17, 15) is 10.2 Å². The second-order valence-electron chi connectivity index (χ2n) is 5.62. The predicted octanol–water partition coefficient (Wildman–Crippen LogP) is 2.83. The van der Waals surface area contributed by atoms with Gasteiger partial charge in [-0.05, 0) is 37.2 Å². The van der Waals surface area contributed by atoms with E-state index in [1.165, 1.54) is 25.7 Å². The van der Waals surface area contributed by atoms with Crippen molar-refractivity contribution in [2.24, 2.45) is 11.8 Å². The highest BCUT2D eigenvalue weighted by Gasteiger charge is 2.60. The molecule has 2 aliphatic carbocycles. The second-order valence-corrected chi connectivity index (χ2v) is 5.62. The molecule has 2 N–H and O–H groups in total. The quantitative estimate of drug-likeness (QED) is 0.841. The molecule has 2 atom stereocenters. The predicted molar refractivity (Wildman–Crippen MR) is 66.9 cm³/mol. The highest BCUT2D eigenvalue weighted by Crippen LogP contribution is 2.64. The van der Waals surface area contributed by atoms with Gasteiger partial charge in [-0.1, -0.05) is 31.0 Å². The van der Waals surface area contributed by atoms with E-state index in [-0.39, 0.29) is 12.0 Å². The summed E-state index contributed by atoms with van der Waals surface area (Å²) in [6.07, 6.45) is 6.16. The first kappa shape index (κ1) is 11.1. The molecule has 0 aliphatic heterocycles. The van der Waals surface area contributed by atoms with Gasteiger partial charge in [-0.25, -0.2) is 0 Å². The first-order valence-corrected chi connectivity index (χ1v) is 6.68. The molecule has 0 aromatic heterocycles. The molecule has 2 saturated carbocycles. The van der Waals surface area contributed by atoms with E-state index in [4.69, 9.17) is 0 Å². The van der Waals surface area contributed by atoms with Gasteiger partial charge in [-0.3, -0.25) is 0 Å². The lowest BCUT2D eigenvalue weighted by atomic mass is 9.79. The number of rotatable bonds is 3. The van der Waals surface area contributed by atoms with Crippen LogP contribution in [0.2, 0.25) is 0 Å². The monoisotopic (exact) mass is 232 g/mol. The molecule has 0 spiro atoms. The number of hydrogen-bond acceptors (Lipinski definition) is 2. The van der Waals surface area contributed by atoms with E-state index >= 15 is 0 Å². The van der Waals surface area contributed by atoms with Crippen LogP contribution in [0.15, 0.2) is 24.3 Å². The molecule has 3 rings (SSSR count). The Morgan fingerprint density at radius 2 is 1.88 bits per heavy atom. The highest BCUT2D eigenvalue weighted by atomic mass is 16.3. The van der Waals surface area contributed by atoms with Crippen LogP contribution in [-0.2, 0) is 5.41 Å². The zero-order valence-corrected chi connectivity index (χ0v) is 10.1. The van der Waals surface area contributed by atoms with Crippen LogP contribution in [0.3, 0.4) is 0 Å². The zero-order chi connectivity index (χ0) is 11.9. The molecule has 92 valence electrons. The van der Waals surface area contributed by atoms with Crippen LogP contribution in [0, 0.1) is 11.8 Å². The number of phenolic OH excluding ortho intramolecular Hbond substituents is 1. The highest BCUT2D eigenvalue weighted by molar-refractivity contribution is 5.44. The van der Waals surface area contributed by atoms with Gasteiger partial charge in [0.1, 0.15) is 5.75 Å². The van der Waals surface area contributed by atoms with E-state index in [0.717, 1.165) is 12.0 Å². The van der Waals surface area contributed by atoms with Crippen LogP contribution in [0.1, 0.15) is 37.7 Å². The normalized spacial score (nSPS) is 32.9. The molecule has 1 aromatic rings. The van der Waals surface area contributed by atoms with Crippen molar-refractivity contribution in [3.8, 4) is 5.75 Å². The van der Waals surface area contributed by atoms with E-state index in [2.05, 4.69) is 0 Å². The third-order valence-electron chi connectivity index (χ3n) is 4.86. The third-order valence-corrected chi connectivity index (χ3v) is 4.86. The van der Waals surface area contributed by atoms with E-state index in [1.54, 1.807) is 6.07 Å². The molecule has 17 heavy (non-hydrogen) atoms. The maximum Gasteiger partial charge on any atom is 0.119 e. The maximum absolute atomic E-state index is 10.1. The number of benzene rings is 1. The van der Waals surface area contributed by atoms with Gasteiger partial charge in [0, 0.05) is 17.6 Å². The lowest BCUT2D eigenvalue weighted by Gasteiger charge is -2.25. The minimum Gasteiger partial charge on any atom is -0.508 e. The maximum atomic E-state index is 10.1. The molecule has 2 nitrogen and oxygen atoms in total. The van der Waals surface area contributed by atoms with Crippen molar-refractivity contribution in [2.45, 2.75) is 37.5 Å². The van der Waals surface area contributed by atoms with Crippen molar-refractivity contribution in [2.75, 3.05) is 6.61 Å². The summed E-state index contributed by atoms with van der Waals surface area (Å²) in [5.74, 6) is 1.43. The van der Waals surface area contributed by atoms with Gasteiger partial charge in [0.2, 0.25) is 0 Å². The summed E-state index contributed by atoms with van der Waals surface area (Å²) in [5, 5.41) is 19.6. The standard InChI is InChI=1S/C15H20O2/c16-10-12-9-15(12,11-5-1-2-6-11)13-7-3-4-8-14(13)17/h3-4,7-8,11-12,16-17H,1-2,5-6,9-10H2. The van der Waals surface area contributed by atoms with E-state index < -0.39 is 0 Å². The minimum atomic E-state index is 0.0800. The molecular weight excluding hydrogens is 212 g/mol. The number of hydrogen-bond donors (Lipinski definition) is 2. The Bertz CT molecular complexity index is 409. The molecule has 2 aliphatic rings. The third kappa shape index (κ3) is 1.58. The first-order valence-electron chi connectivity index (χ1n) is 6.68. The first-order chi connectivity index (χ1) is 8.29. The number of aliphatic hydroxyl groups excluding tert-OH is 1. The fourth-order valence-corrected chi connectivity index (χ4v) is 3.93. The van der Waals surface area contributed by atoms with Crippen LogP contribution < -0.4 is 0 Å². The Morgan fingerprint density at radius 1 is 1.18 bits per heavy atom. The lowest BCUT2D eigenvalue weighted by molar-refractivity contribution is 0.244. The summed E-state index contributed by atoms with van der Waals surface area (Å²) in [4.78, 5) is 0. The van der Waals surface area contributed by atoms with Crippen molar-refractivity contribution < 1.29 is 10.2 Å². The van der Waals surface area contributed by atoms with Crippen molar-refractivity contribution >= 4 is 0 Å². The number of para-hydroxylation sites is 1. The molecule has 0 amide bonds. The molecule has 1 aromatic carbocycles. The molecule has 0 heterocycles. The number of phenols is 1. The van der Waals surface area contributed by atoms with Crippen molar-refractivity contribution in [3.63, 3.8) is 0 Å². The fraction of sp³-hybridized carbons (Fsp3) is 0.600. The Kier molecular flexibility index (Phi) is 2.62. The Balaban J connectivity index is 1.98. The topological polar surface area (TPSA) is 40.5 Å². The average Bonchev–Trinajstić information content (AvgIpc) is 2.83. The van der Waals surface area contributed by atoms with Gasteiger partial charge in [0.05, 0.1) is 0 Å². The van der Waals surface area contributed by atoms with E-state index in [1.807, 2.05) is 18.2 Å². The number of aromatic hydroxyl groups is 1. The van der Waals surface area contributed by atoms with Gasteiger partial charge in [-0.15, -0.1) is 0 Å². The van der Waals surface area contributed by atoms with Gasteiger partial charge in [0.25, 0.3) is 0 Å². The molecule has 2 fully saturated rings. The Labute approximate surface area is 102 Å². The molecule has 0 bridgehead atoms. The van der Waals surface area contributed by atoms with Crippen molar-refractivity contribution in [1.82, 2.24) is 0 Å². The molecule has 0 radical (unpaired) electrons. The lowest BCUT2D eigenvalue weighted by Crippen LogP contribution is -2.22. The van der Waals surface area contributed by atoms with Crippen LogP contribution >= 0.6 is 0 Å². The summed E-state index contributed by atoms with van der Waals surface area (Å²) in [6.45, 7) is 0.255. The van der Waals surface area contributed by atoms with Crippen molar-refractivity contribution in [1.29, 1.82) is 0 Å². The van der Waals surface area contributed by atoms with Gasteiger partial charge < -0.3 is 10.2 Å². The summed E-state index contributed by atoms with van der Waals surface area (Å²) in [5.41, 5.74) is 1.15. The smallest absolute Gasteiger partial charge is 0.119 e. The SMILES string of the molecule is OCC1CC1(c1ccccc1O)C1CCCC1. The van der Waals surface area contributed by atoms with E-state index in [0.29, 0.717) is 17.6 Å². The summed E-state index contributed by atoms with van der Waals surface area (Å²) < 4.78 is 0.